The van der Waals surface area contributed by atoms with Crippen molar-refractivity contribution in [2.45, 2.75) is 13.3 Å². The molecule has 2 unspecified atom stereocenters. The Labute approximate surface area is 158 Å². The van der Waals surface area contributed by atoms with E-state index in [1.54, 1.807) is 12.1 Å². The maximum atomic E-state index is 12.4. The normalized spacial score (nSPS) is 18.2. The molecule has 2 atom stereocenters. The fourth-order valence-electron chi connectivity index (χ4n) is 2.81. The Hall–Kier alpha value is -2.53. The molecule has 6 heteroatoms. The van der Waals surface area contributed by atoms with Crippen molar-refractivity contribution in [3.05, 3.63) is 53.1 Å². The Bertz CT molecular complexity index is 833. The third-order valence-corrected chi connectivity index (χ3v) is 4.81. The minimum Gasteiger partial charge on any atom is -0.378 e. The van der Waals surface area contributed by atoms with Crippen LogP contribution in [0.1, 0.15) is 12.0 Å². The van der Waals surface area contributed by atoms with Crippen LogP contribution >= 0.6 is 11.6 Å². The van der Waals surface area contributed by atoms with Crippen molar-refractivity contribution in [3.8, 4) is 0 Å². The summed E-state index contributed by atoms with van der Waals surface area (Å²) in [5.74, 6) is -0.846. The summed E-state index contributed by atoms with van der Waals surface area (Å²) < 4.78 is 0. The number of rotatable bonds is 5. The summed E-state index contributed by atoms with van der Waals surface area (Å²) in [6, 6.07) is 13.0. The van der Waals surface area contributed by atoms with E-state index in [1.807, 2.05) is 56.3 Å². The van der Waals surface area contributed by atoms with Crippen molar-refractivity contribution >= 4 is 40.5 Å². The second-order valence-corrected chi connectivity index (χ2v) is 7.26. The highest BCUT2D eigenvalue weighted by Gasteiger charge is 2.48. The van der Waals surface area contributed by atoms with E-state index in [2.05, 4.69) is 10.6 Å². The average molecular weight is 372 g/mol. The molecule has 5 nitrogen and oxygen atoms in total. The number of anilines is 3. The molecule has 2 N–H and O–H groups in total. The summed E-state index contributed by atoms with van der Waals surface area (Å²) in [5, 5.41) is 6.32. The van der Waals surface area contributed by atoms with Crippen molar-refractivity contribution in [2.24, 2.45) is 11.8 Å². The molecule has 136 valence electrons. The topological polar surface area (TPSA) is 61.4 Å². The zero-order valence-corrected chi connectivity index (χ0v) is 15.8. The smallest absolute Gasteiger partial charge is 0.228 e. The van der Waals surface area contributed by atoms with E-state index in [9.17, 15) is 9.59 Å². The Kier molecular flexibility index (Phi) is 5.18. The number of carbonyl (C=O) groups is 2. The number of halogens is 1. The summed E-state index contributed by atoms with van der Waals surface area (Å²) in [5.41, 5.74) is 3.42. The van der Waals surface area contributed by atoms with E-state index in [0.717, 1.165) is 16.9 Å². The molecule has 3 rings (SSSR count). The molecule has 0 radical (unpaired) electrons. The van der Waals surface area contributed by atoms with Gasteiger partial charge in [-0.15, -0.1) is 0 Å². The number of benzene rings is 2. The highest BCUT2D eigenvalue weighted by Crippen LogP contribution is 2.40. The van der Waals surface area contributed by atoms with Crippen LogP contribution < -0.4 is 15.5 Å². The van der Waals surface area contributed by atoms with E-state index in [1.165, 1.54) is 0 Å². The number of hydrogen-bond acceptors (Lipinski definition) is 3. The molecule has 26 heavy (non-hydrogen) atoms. The van der Waals surface area contributed by atoms with E-state index in [4.69, 9.17) is 11.6 Å². The highest BCUT2D eigenvalue weighted by molar-refractivity contribution is 6.31. The minimum absolute atomic E-state index is 0.120. The van der Waals surface area contributed by atoms with E-state index in [0.29, 0.717) is 17.1 Å². The molecule has 2 amide bonds. The van der Waals surface area contributed by atoms with Crippen molar-refractivity contribution in [2.75, 3.05) is 29.6 Å². The number of nitrogens with zero attached hydrogens (tertiary/aromatic N) is 1. The molecule has 1 saturated carbocycles. The van der Waals surface area contributed by atoms with Crippen molar-refractivity contribution in [1.82, 2.24) is 0 Å². The number of hydrogen-bond donors (Lipinski definition) is 2. The molecule has 2 aromatic rings. The van der Waals surface area contributed by atoms with Gasteiger partial charge < -0.3 is 15.5 Å². The van der Waals surface area contributed by atoms with Crippen LogP contribution in [0.25, 0.3) is 0 Å². The number of aryl methyl sites for hydroxylation is 1. The SMILES string of the molecule is Cc1ccc(Cl)cc1NC(=O)C1CC1C(=O)Nc1ccc(N(C)C)cc1. The summed E-state index contributed by atoms with van der Waals surface area (Å²) in [6.07, 6.45) is 0.563. The van der Waals surface area contributed by atoms with Crippen LogP contribution in [0.4, 0.5) is 17.1 Å². The van der Waals surface area contributed by atoms with E-state index >= 15 is 0 Å². The lowest BCUT2D eigenvalue weighted by atomic mass is 10.2. The Morgan fingerprint density at radius 3 is 2.23 bits per heavy atom. The molecule has 0 aliphatic heterocycles. The first kappa shape index (κ1) is 18.3. The lowest BCUT2D eigenvalue weighted by Gasteiger charge is -2.13. The van der Waals surface area contributed by atoms with Gasteiger partial charge in [-0.1, -0.05) is 17.7 Å². The van der Waals surface area contributed by atoms with Crippen molar-refractivity contribution in [3.63, 3.8) is 0 Å². The van der Waals surface area contributed by atoms with Gasteiger partial charge in [0.1, 0.15) is 0 Å². The summed E-state index contributed by atoms with van der Waals surface area (Å²) in [6.45, 7) is 1.90. The maximum Gasteiger partial charge on any atom is 0.228 e. The predicted molar refractivity (Wildman–Crippen MR) is 106 cm³/mol. The maximum absolute atomic E-state index is 12.4. The lowest BCUT2D eigenvalue weighted by molar-refractivity contribution is -0.122. The van der Waals surface area contributed by atoms with Gasteiger partial charge in [0.25, 0.3) is 0 Å². The van der Waals surface area contributed by atoms with Gasteiger partial charge in [-0.2, -0.15) is 0 Å². The Morgan fingerprint density at radius 2 is 1.62 bits per heavy atom. The van der Waals surface area contributed by atoms with Gasteiger partial charge in [-0.25, -0.2) is 0 Å². The first-order valence-corrected chi connectivity index (χ1v) is 8.88. The number of amides is 2. The predicted octanol–water partition coefficient (Wildman–Crippen LogP) is 3.93. The van der Waals surface area contributed by atoms with Crippen LogP contribution in [0.3, 0.4) is 0 Å². The van der Waals surface area contributed by atoms with Crippen LogP contribution in [0.2, 0.25) is 5.02 Å². The quantitative estimate of drug-likeness (QED) is 0.837. The molecular formula is C20H22ClN3O2. The standard InChI is InChI=1S/C20H22ClN3O2/c1-12-4-5-13(21)10-18(12)23-20(26)17-11-16(17)19(25)22-14-6-8-15(9-7-14)24(2)3/h4-10,16-17H,11H2,1-3H3,(H,22,25)(H,23,26). The van der Waals surface area contributed by atoms with Crippen LogP contribution in [-0.2, 0) is 9.59 Å². The van der Waals surface area contributed by atoms with Gasteiger partial charge in [-0.05, 0) is 55.3 Å². The molecule has 1 fully saturated rings. The second kappa shape index (κ2) is 7.38. The van der Waals surface area contributed by atoms with Gasteiger partial charge >= 0.3 is 0 Å². The third kappa shape index (κ3) is 4.17. The second-order valence-electron chi connectivity index (χ2n) is 6.83. The third-order valence-electron chi connectivity index (χ3n) is 4.57. The average Bonchev–Trinajstić information content (AvgIpc) is 3.39. The zero-order chi connectivity index (χ0) is 18.8. The fourth-order valence-corrected chi connectivity index (χ4v) is 2.98. The molecular weight excluding hydrogens is 350 g/mol. The van der Waals surface area contributed by atoms with Gasteiger partial charge in [0, 0.05) is 36.2 Å². The van der Waals surface area contributed by atoms with Crippen LogP contribution in [0, 0.1) is 18.8 Å². The minimum atomic E-state index is -0.297. The van der Waals surface area contributed by atoms with Crippen LogP contribution in [0.15, 0.2) is 42.5 Å². The van der Waals surface area contributed by atoms with Crippen molar-refractivity contribution < 1.29 is 9.59 Å². The number of nitrogens with one attached hydrogen (secondary N) is 2. The molecule has 2 aromatic carbocycles. The van der Waals surface area contributed by atoms with Crippen molar-refractivity contribution in [1.29, 1.82) is 0 Å². The largest absolute Gasteiger partial charge is 0.378 e. The van der Waals surface area contributed by atoms with E-state index in [-0.39, 0.29) is 23.7 Å². The Balaban J connectivity index is 1.56. The van der Waals surface area contributed by atoms with Crippen LogP contribution in [0.5, 0.6) is 0 Å². The Morgan fingerprint density at radius 1 is 1.00 bits per heavy atom. The fraction of sp³-hybridized carbons (Fsp3) is 0.300. The summed E-state index contributed by atoms with van der Waals surface area (Å²) in [7, 11) is 3.92. The monoisotopic (exact) mass is 371 g/mol. The molecule has 0 bridgehead atoms. The first-order valence-electron chi connectivity index (χ1n) is 8.50. The molecule has 0 heterocycles. The number of carbonyl (C=O) groups excluding carboxylic acids is 2. The van der Waals surface area contributed by atoms with Gasteiger partial charge in [0.05, 0.1) is 11.8 Å². The van der Waals surface area contributed by atoms with E-state index < -0.39 is 0 Å². The van der Waals surface area contributed by atoms with Gasteiger partial charge in [-0.3, -0.25) is 9.59 Å². The first-order chi connectivity index (χ1) is 12.3. The summed E-state index contributed by atoms with van der Waals surface area (Å²) >= 11 is 5.98. The zero-order valence-electron chi connectivity index (χ0n) is 15.0. The highest BCUT2D eigenvalue weighted by atomic mass is 35.5. The lowest BCUT2D eigenvalue weighted by Crippen LogP contribution is -2.21. The molecule has 1 aliphatic rings. The molecule has 0 aromatic heterocycles. The molecule has 0 spiro atoms. The molecule has 1 aliphatic carbocycles. The molecule has 0 saturated heterocycles. The van der Waals surface area contributed by atoms with Crippen LogP contribution in [-0.4, -0.2) is 25.9 Å². The van der Waals surface area contributed by atoms with Gasteiger partial charge in [0.2, 0.25) is 11.8 Å². The van der Waals surface area contributed by atoms with Gasteiger partial charge in [0.15, 0.2) is 0 Å². The summed E-state index contributed by atoms with van der Waals surface area (Å²) in [4.78, 5) is 26.7.